The van der Waals surface area contributed by atoms with Gasteiger partial charge in [-0.2, -0.15) is 0 Å². The minimum atomic E-state index is -0.543. The highest BCUT2D eigenvalue weighted by atomic mass is 35.5. The van der Waals surface area contributed by atoms with Crippen LogP contribution in [0.4, 0.5) is 0 Å². The van der Waals surface area contributed by atoms with Gasteiger partial charge in [0.2, 0.25) is 5.91 Å². The highest BCUT2D eigenvalue weighted by molar-refractivity contribution is 6.33. The summed E-state index contributed by atoms with van der Waals surface area (Å²) in [6.45, 7) is 7.47. The summed E-state index contributed by atoms with van der Waals surface area (Å²) < 4.78 is 1.91. The van der Waals surface area contributed by atoms with Crippen molar-refractivity contribution in [1.29, 1.82) is 0 Å². The fourth-order valence-corrected chi connectivity index (χ4v) is 2.83. The van der Waals surface area contributed by atoms with Gasteiger partial charge in [-0.3, -0.25) is 9.59 Å². The number of hydrogen-bond donors (Lipinski definition) is 0. The molecule has 4 nitrogen and oxygen atoms in total. The molecule has 2 heterocycles. The minimum absolute atomic E-state index is 0.0837. The van der Waals surface area contributed by atoms with Crippen LogP contribution >= 0.6 is 11.6 Å². The van der Waals surface area contributed by atoms with Crippen molar-refractivity contribution < 1.29 is 9.59 Å². The maximum absolute atomic E-state index is 12.2. The summed E-state index contributed by atoms with van der Waals surface area (Å²) in [7, 11) is 0. The van der Waals surface area contributed by atoms with E-state index in [-0.39, 0.29) is 11.7 Å². The van der Waals surface area contributed by atoms with E-state index >= 15 is 0 Å². The molecule has 0 spiro atoms. The monoisotopic (exact) mass is 296 g/mol. The van der Waals surface area contributed by atoms with Crippen molar-refractivity contribution in [2.45, 2.75) is 45.5 Å². The lowest BCUT2D eigenvalue weighted by Crippen LogP contribution is -2.31. The molecule has 1 atom stereocenters. The van der Waals surface area contributed by atoms with Gasteiger partial charge in [0.15, 0.2) is 5.78 Å². The van der Waals surface area contributed by atoms with E-state index in [4.69, 9.17) is 11.6 Å². The Hall–Kier alpha value is -1.29. The average molecular weight is 297 g/mol. The molecule has 0 N–H and O–H groups in total. The first-order valence-electron chi connectivity index (χ1n) is 7.04. The van der Waals surface area contributed by atoms with Crippen LogP contribution in [0.25, 0.3) is 0 Å². The maximum Gasteiger partial charge on any atom is 0.242 e. The Kier molecular flexibility index (Phi) is 4.53. The molecule has 0 aliphatic carbocycles. The molecule has 1 aliphatic heterocycles. The third-order valence-corrected chi connectivity index (χ3v) is 4.15. The summed E-state index contributed by atoms with van der Waals surface area (Å²) in [4.78, 5) is 26.2. The molecule has 0 radical (unpaired) electrons. The number of aromatic nitrogens is 1. The van der Waals surface area contributed by atoms with Gasteiger partial charge in [0.1, 0.15) is 6.54 Å². The lowest BCUT2D eigenvalue weighted by molar-refractivity contribution is -0.130. The molecule has 20 heavy (non-hydrogen) atoms. The van der Waals surface area contributed by atoms with Gasteiger partial charge in [-0.05, 0) is 39.7 Å². The van der Waals surface area contributed by atoms with E-state index in [1.54, 1.807) is 6.92 Å². The molecular formula is C15H21ClN2O2. The molecular weight excluding hydrogens is 276 g/mol. The second-order valence-corrected chi connectivity index (χ2v) is 6.09. The molecule has 1 aliphatic rings. The van der Waals surface area contributed by atoms with E-state index in [1.807, 2.05) is 29.4 Å². The minimum Gasteiger partial charge on any atom is -0.341 e. The van der Waals surface area contributed by atoms with Gasteiger partial charge in [0.25, 0.3) is 0 Å². The fourth-order valence-electron chi connectivity index (χ4n) is 2.71. The van der Waals surface area contributed by atoms with E-state index in [2.05, 4.69) is 0 Å². The smallest absolute Gasteiger partial charge is 0.242 e. The maximum atomic E-state index is 12.2. The summed E-state index contributed by atoms with van der Waals surface area (Å²) in [6, 6.07) is 1.83. The van der Waals surface area contributed by atoms with Crippen LogP contribution in [0.3, 0.4) is 0 Å². The van der Waals surface area contributed by atoms with Crippen molar-refractivity contribution in [3.8, 4) is 0 Å². The van der Waals surface area contributed by atoms with Gasteiger partial charge < -0.3 is 9.47 Å². The molecule has 0 bridgehead atoms. The van der Waals surface area contributed by atoms with Crippen molar-refractivity contribution in [2.24, 2.45) is 0 Å². The second kappa shape index (κ2) is 6.00. The zero-order chi connectivity index (χ0) is 14.9. The summed E-state index contributed by atoms with van der Waals surface area (Å²) in [5.41, 5.74) is 2.38. The second-order valence-electron chi connectivity index (χ2n) is 5.44. The number of likely N-dealkylation sites (tertiary alicyclic amines) is 1. The lowest BCUT2D eigenvalue weighted by atomic mass is 10.1. The van der Waals surface area contributed by atoms with Gasteiger partial charge in [-0.25, -0.2) is 0 Å². The zero-order valence-electron chi connectivity index (χ0n) is 12.3. The van der Waals surface area contributed by atoms with E-state index in [0.717, 1.165) is 37.3 Å². The number of amides is 1. The molecule has 2 rings (SSSR count). The summed E-state index contributed by atoms with van der Waals surface area (Å²) >= 11 is 5.87. The van der Waals surface area contributed by atoms with Crippen LogP contribution in [0.15, 0.2) is 6.07 Å². The number of Topliss-reactive ketones (excluding diaryl/α,β-unsaturated/α-hetero) is 1. The van der Waals surface area contributed by atoms with Crippen LogP contribution in [0.2, 0.25) is 0 Å². The fraction of sp³-hybridized carbons (Fsp3) is 0.600. The number of halogens is 1. The number of carbonyl (C=O) groups is 2. The van der Waals surface area contributed by atoms with Gasteiger partial charge >= 0.3 is 0 Å². The summed E-state index contributed by atoms with van der Waals surface area (Å²) in [6.07, 6.45) is 2.17. The third-order valence-electron chi connectivity index (χ3n) is 3.95. The number of rotatable bonds is 4. The SMILES string of the molecule is Cc1cc(C(=O)C(C)Cl)c(C)n1CC(=O)N1CCCC1. The molecule has 1 unspecified atom stereocenters. The van der Waals surface area contributed by atoms with Crippen molar-refractivity contribution in [3.05, 3.63) is 23.0 Å². The molecule has 1 fully saturated rings. The summed E-state index contributed by atoms with van der Waals surface area (Å²) in [5.74, 6) is 0.0434. The van der Waals surface area contributed by atoms with Crippen molar-refractivity contribution >= 4 is 23.3 Å². The Labute approximate surface area is 124 Å². The van der Waals surface area contributed by atoms with Crippen LogP contribution in [-0.4, -0.2) is 39.6 Å². The number of nitrogens with zero attached hydrogens (tertiary/aromatic N) is 2. The first-order chi connectivity index (χ1) is 9.41. The van der Waals surface area contributed by atoms with E-state index < -0.39 is 5.38 Å². The van der Waals surface area contributed by atoms with Crippen LogP contribution in [0.1, 0.15) is 41.5 Å². The number of carbonyl (C=O) groups excluding carboxylic acids is 2. The summed E-state index contributed by atoms with van der Waals surface area (Å²) in [5, 5.41) is -0.543. The Balaban J connectivity index is 2.20. The molecule has 0 saturated carbocycles. The van der Waals surface area contributed by atoms with E-state index in [9.17, 15) is 9.59 Å². The van der Waals surface area contributed by atoms with Crippen molar-refractivity contribution in [1.82, 2.24) is 9.47 Å². The standard InChI is InChI=1S/C15H21ClN2O2/c1-10-8-13(15(20)11(2)16)12(3)18(10)9-14(19)17-6-4-5-7-17/h8,11H,4-7,9H2,1-3H3. The Morgan fingerprint density at radius 2 is 1.90 bits per heavy atom. The van der Waals surface area contributed by atoms with Crippen LogP contribution in [0.5, 0.6) is 0 Å². The normalized spacial score (nSPS) is 16.5. The molecule has 110 valence electrons. The van der Waals surface area contributed by atoms with Crippen LogP contribution in [-0.2, 0) is 11.3 Å². The predicted molar refractivity (Wildman–Crippen MR) is 79.4 cm³/mol. The molecule has 1 amide bonds. The quantitative estimate of drug-likeness (QED) is 0.633. The number of aryl methyl sites for hydroxylation is 1. The van der Waals surface area contributed by atoms with Crippen LogP contribution in [0, 0.1) is 13.8 Å². The predicted octanol–water partition coefficient (Wildman–Crippen LogP) is 2.54. The largest absolute Gasteiger partial charge is 0.341 e. The van der Waals surface area contributed by atoms with Crippen molar-refractivity contribution in [3.63, 3.8) is 0 Å². The van der Waals surface area contributed by atoms with Gasteiger partial charge in [-0.15, -0.1) is 11.6 Å². The first-order valence-corrected chi connectivity index (χ1v) is 7.48. The number of ketones is 1. The highest BCUT2D eigenvalue weighted by Crippen LogP contribution is 2.19. The van der Waals surface area contributed by atoms with Gasteiger partial charge in [0.05, 0.1) is 5.38 Å². The van der Waals surface area contributed by atoms with E-state index in [0.29, 0.717) is 12.1 Å². The molecule has 1 aromatic heterocycles. The average Bonchev–Trinajstić information content (AvgIpc) is 3.01. The molecule has 1 saturated heterocycles. The number of hydrogen-bond acceptors (Lipinski definition) is 2. The Bertz CT molecular complexity index is 528. The molecule has 1 aromatic rings. The number of alkyl halides is 1. The molecule has 5 heteroatoms. The third kappa shape index (κ3) is 2.90. The molecule has 0 aromatic carbocycles. The van der Waals surface area contributed by atoms with Crippen molar-refractivity contribution in [2.75, 3.05) is 13.1 Å². The van der Waals surface area contributed by atoms with Gasteiger partial charge in [-0.1, -0.05) is 0 Å². The highest BCUT2D eigenvalue weighted by Gasteiger charge is 2.23. The topological polar surface area (TPSA) is 42.3 Å². The lowest BCUT2D eigenvalue weighted by Gasteiger charge is -2.17. The van der Waals surface area contributed by atoms with Crippen LogP contribution < -0.4 is 0 Å². The Morgan fingerprint density at radius 1 is 1.30 bits per heavy atom. The Morgan fingerprint density at radius 3 is 2.45 bits per heavy atom. The van der Waals surface area contributed by atoms with Gasteiger partial charge in [0, 0.05) is 30.0 Å². The zero-order valence-corrected chi connectivity index (χ0v) is 13.0. The first kappa shape index (κ1) is 15.1. The van der Waals surface area contributed by atoms with E-state index in [1.165, 1.54) is 0 Å².